The Hall–Kier alpha value is -1.88. The van der Waals surface area contributed by atoms with Gasteiger partial charge in [-0.25, -0.2) is 4.98 Å². The molecule has 0 fully saturated rings. The number of carbonyl (C=O) groups excluding carboxylic acids is 1. The van der Waals surface area contributed by atoms with Crippen molar-refractivity contribution in [1.82, 2.24) is 4.98 Å². The van der Waals surface area contributed by atoms with Crippen molar-refractivity contribution in [2.75, 3.05) is 11.9 Å². The van der Waals surface area contributed by atoms with Crippen LogP contribution in [-0.2, 0) is 10.2 Å². The summed E-state index contributed by atoms with van der Waals surface area (Å²) in [5, 5.41) is 3.51. The van der Waals surface area contributed by atoms with Gasteiger partial charge in [0.05, 0.1) is 12.3 Å². The molecule has 1 amide bonds. The summed E-state index contributed by atoms with van der Waals surface area (Å²) in [5.41, 5.74) is 2.39. The number of aromatic nitrogens is 1. The van der Waals surface area contributed by atoms with Crippen LogP contribution in [0.1, 0.15) is 49.7 Å². The van der Waals surface area contributed by atoms with Gasteiger partial charge in [-0.15, -0.1) is 11.3 Å². The van der Waals surface area contributed by atoms with Crippen LogP contribution in [0.5, 0.6) is 5.75 Å². The molecule has 0 saturated carbocycles. The molecule has 0 aliphatic heterocycles. The van der Waals surface area contributed by atoms with E-state index >= 15 is 0 Å². The Morgan fingerprint density at radius 1 is 1.21 bits per heavy atom. The lowest BCUT2D eigenvalue weighted by atomic mass is 9.87. The van der Waals surface area contributed by atoms with Gasteiger partial charge in [0, 0.05) is 11.3 Å². The Morgan fingerprint density at radius 3 is 2.42 bits per heavy atom. The number of benzene rings is 1. The molecule has 1 N–H and O–H groups in total. The van der Waals surface area contributed by atoms with E-state index in [0.717, 1.165) is 16.3 Å². The minimum atomic E-state index is -0.0181. The van der Waals surface area contributed by atoms with Crippen LogP contribution in [-0.4, -0.2) is 17.5 Å². The maximum Gasteiger partial charge on any atom is 0.226 e. The number of ether oxygens (including phenoxy) is 1. The van der Waals surface area contributed by atoms with Gasteiger partial charge in [0.25, 0.3) is 0 Å². The molecule has 0 atom stereocenters. The second-order valence-electron chi connectivity index (χ2n) is 6.94. The molecule has 0 unspecified atom stereocenters. The number of amides is 1. The van der Waals surface area contributed by atoms with Crippen LogP contribution in [0.4, 0.5) is 5.13 Å². The molecule has 1 aromatic heterocycles. The summed E-state index contributed by atoms with van der Waals surface area (Å²) in [6, 6.07) is 8.16. The summed E-state index contributed by atoms with van der Waals surface area (Å²) in [6.45, 7) is 11.0. The molecule has 4 nitrogen and oxygen atoms in total. The second-order valence-corrected chi connectivity index (χ2v) is 8.14. The number of anilines is 1. The molecular weight excluding hydrogens is 320 g/mol. The van der Waals surface area contributed by atoms with Gasteiger partial charge in [0.15, 0.2) is 5.13 Å². The zero-order valence-corrected chi connectivity index (χ0v) is 15.9. The van der Waals surface area contributed by atoms with Crippen molar-refractivity contribution in [3.05, 3.63) is 40.4 Å². The third-order valence-electron chi connectivity index (χ3n) is 3.81. The summed E-state index contributed by atoms with van der Waals surface area (Å²) in [5.74, 6) is 0.824. The lowest BCUT2D eigenvalue weighted by Crippen LogP contribution is -2.13. The predicted octanol–water partition coefficient (Wildman–Crippen LogP) is 4.86. The van der Waals surface area contributed by atoms with Gasteiger partial charge in [-0.05, 0) is 43.4 Å². The Bertz CT molecular complexity index is 665. The summed E-state index contributed by atoms with van der Waals surface area (Å²) < 4.78 is 5.70. The van der Waals surface area contributed by atoms with Crippen LogP contribution < -0.4 is 10.1 Å². The first-order chi connectivity index (χ1) is 11.3. The van der Waals surface area contributed by atoms with Crippen LogP contribution >= 0.6 is 11.3 Å². The van der Waals surface area contributed by atoms with Gasteiger partial charge in [-0.3, -0.25) is 4.79 Å². The molecule has 2 rings (SSSR count). The highest BCUT2D eigenvalue weighted by Gasteiger charge is 2.13. The summed E-state index contributed by atoms with van der Waals surface area (Å²) in [6.07, 6.45) is 1.11. The van der Waals surface area contributed by atoms with Crippen LogP contribution in [0.15, 0.2) is 24.3 Å². The lowest BCUT2D eigenvalue weighted by Gasteiger charge is -2.19. The van der Waals surface area contributed by atoms with Gasteiger partial charge >= 0.3 is 0 Å². The Kier molecular flexibility index (Phi) is 5.99. The highest BCUT2D eigenvalue weighted by molar-refractivity contribution is 7.15. The molecule has 2 aromatic rings. The predicted molar refractivity (Wildman–Crippen MR) is 100 cm³/mol. The fraction of sp³-hybridized carbons (Fsp3) is 0.474. The number of nitrogens with one attached hydrogen (secondary N) is 1. The second kappa shape index (κ2) is 7.79. The summed E-state index contributed by atoms with van der Waals surface area (Å²) in [7, 11) is 0. The monoisotopic (exact) mass is 346 g/mol. The van der Waals surface area contributed by atoms with E-state index in [1.807, 2.05) is 26.0 Å². The van der Waals surface area contributed by atoms with E-state index in [2.05, 4.69) is 43.2 Å². The number of nitrogens with zero attached hydrogens (tertiary/aromatic N) is 1. The molecule has 24 heavy (non-hydrogen) atoms. The third kappa shape index (κ3) is 5.34. The van der Waals surface area contributed by atoms with E-state index in [1.54, 1.807) is 0 Å². The first-order valence-corrected chi connectivity index (χ1v) is 9.04. The average Bonchev–Trinajstić information content (AvgIpc) is 2.81. The van der Waals surface area contributed by atoms with E-state index in [1.165, 1.54) is 16.9 Å². The molecule has 130 valence electrons. The maximum absolute atomic E-state index is 11.9. The third-order valence-corrected chi connectivity index (χ3v) is 4.80. The van der Waals surface area contributed by atoms with Crippen molar-refractivity contribution in [2.45, 2.75) is 52.9 Å². The summed E-state index contributed by atoms with van der Waals surface area (Å²) >= 11 is 1.51. The fourth-order valence-corrected chi connectivity index (χ4v) is 3.01. The van der Waals surface area contributed by atoms with Crippen LogP contribution in [0.3, 0.4) is 0 Å². The van der Waals surface area contributed by atoms with Gasteiger partial charge in [0.2, 0.25) is 5.91 Å². The Morgan fingerprint density at radius 2 is 1.88 bits per heavy atom. The maximum atomic E-state index is 11.9. The van der Waals surface area contributed by atoms with Crippen molar-refractivity contribution in [1.29, 1.82) is 0 Å². The molecule has 0 aliphatic rings. The quantitative estimate of drug-likeness (QED) is 0.760. The zero-order valence-electron chi connectivity index (χ0n) is 15.1. The number of carbonyl (C=O) groups is 1. The number of rotatable bonds is 6. The number of aryl methyl sites for hydroxylation is 2. The molecule has 0 saturated heterocycles. The van der Waals surface area contributed by atoms with Gasteiger partial charge in [0.1, 0.15) is 5.75 Å². The van der Waals surface area contributed by atoms with E-state index in [9.17, 15) is 4.79 Å². The Labute approximate surface area is 148 Å². The van der Waals surface area contributed by atoms with Crippen LogP contribution in [0.2, 0.25) is 0 Å². The minimum Gasteiger partial charge on any atom is -0.494 e. The largest absolute Gasteiger partial charge is 0.494 e. The fourth-order valence-electron chi connectivity index (χ4n) is 2.18. The standard InChI is InChI=1S/C19H26N2O2S/c1-13-14(2)24-18(20-13)21-17(22)7-6-12-23-16-10-8-15(9-11-16)19(3,4)5/h8-11H,6-7,12H2,1-5H3,(H,20,21,22). The van der Waals surface area contributed by atoms with Crippen molar-refractivity contribution < 1.29 is 9.53 Å². The van der Waals surface area contributed by atoms with E-state index in [0.29, 0.717) is 24.6 Å². The molecular formula is C19H26N2O2S. The first-order valence-electron chi connectivity index (χ1n) is 8.23. The van der Waals surface area contributed by atoms with Gasteiger partial charge < -0.3 is 10.1 Å². The average molecular weight is 346 g/mol. The minimum absolute atomic E-state index is 0.0181. The van der Waals surface area contributed by atoms with Gasteiger partial charge in [-0.2, -0.15) is 0 Å². The highest BCUT2D eigenvalue weighted by atomic mass is 32.1. The highest BCUT2D eigenvalue weighted by Crippen LogP contribution is 2.24. The normalized spacial score (nSPS) is 11.4. The van der Waals surface area contributed by atoms with E-state index in [-0.39, 0.29) is 11.3 Å². The topological polar surface area (TPSA) is 51.2 Å². The van der Waals surface area contributed by atoms with Crippen molar-refractivity contribution in [3.63, 3.8) is 0 Å². The van der Waals surface area contributed by atoms with E-state index < -0.39 is 0 Å². The number of hydrogen-bond donors (Lipinski definition) is 1. The van der Waals surface area contributed by atoms with Gasteiger partial charge in [-0.1, -0.05) is 32.9 Å². The first kappa shape index (κ1) is 18.5. The van der Waals surface area contributed by atoms with Crippen LogP contribution in [0, 0.1) is 13.8 Å². The molecule has 0 bridgehead atoms. The Balaban J connectivity index is 1.71. The van der Waals surface area contributed by atoms with Crippen LogP contribution in [0.25, 0.3) is 0 Å². The number of thiazole rings is 1. The smallest absolute Gasteiger partial charge is 0.226 e. The van der Waals surface area contributed by atoms with Crippen molar-refractivity contribution in [3.8, 4) is 5.75 Å². The van der Waals surface area contributed by atoms with E-state index in [4.69, 9.17) is 4.74 Å². The zero-order chi connectivity index (χ0) is 17.7. The molecule has 5 heteroatoms. The SMILES string of the molecule is Cc1nc(NC(=O)CCCOc2ccc(C(C)(C)C)cc2)sc1C. The molecule has 0 aliphatic carbocycles. The summed E-state index contributed by atoms with van der Waals surface area (Å²) in [4.78, 5) is 17.3. The molecule has 0 spiro atoms. The molecule has 0 radical (unpaired) electrons. The molecule has 1 heterocycles. The molecule has 1 aromatic carbocycles. The number of hydrogen-bond acceptors (Lipinski definition) is 4. The lowest BCUT2D eigenvalue weighted by molar-refractivity contribution is -0.116. The van der Waals surface area contributed by atoms with Crippen molar-refractivity contribution in [2.24, 2.45) is 0 Å². The van der Waals surface area contributed by atoms with Crippen molar-refractivity contribution >= 4 is 22.4 Å².